The van der Waals surface area contributed by atoms with Crippen LogP contribution < -0.4 is 0 Å². The highest BCUT2D eigenvalue weighted by Crippen LogP contribution is 2.49. The number of rotatable bonds is 6. The molecule has 0 unspecified atom stereocenters. The van der Waals surface area contributed by atoms with Crippen molar-refractivity contribution < 1.29 is 37.1 Å². The van der Waals surface area contributed by atoms with E-state index in [2.05, 4.69) is 16.1 Å². The maximum absolute atomic E-state index is 10.6. The first-order valence-corrected chi connectivity index (χ1v) is 10.8. The fraction of sp³-hybridized carbons (Fsp3) is 0.810. The van der Waals surface area contributed by atoms with Gasteiger partial charge in [-0.3, -0.25) is 4.90 Å². The number of likely N-dealkylation sites (tertiary alicyclic amines) is 1. The van der Waals surface area contributed by atoms with Gasteiger partial charge in [0.25, 0.3) is 0 Å². The molecule has 1 N–H and O–H groups in total. The molecule has 3 aliphatic rings. The average Bonchev–Trinajstić information content (AvgIpc) is 3.37. The van der Waals surface area contributed by atoms with E-state index in [1.54, 1.807) is 0 Å². The molecule has 7 nitrogen and oxygen atoms in total. The molecule has 31 heavy (non-hydrogen) atoms. The van der Waals surface area contributed by atoms with Crippen molar-refractivity contribution in [2.75, 3.05) is 39.5 Å². The summed E-state index contributed by atoms with van der Waals surface area (Å²) in [5, 5.41) is 11.3. The van der Waals surface area contributed by atoms with Crippen molar-refractivity contribution in [3.63, 3.8) is 0 Å². The minimum absolute atomic E-state index is 0.379. The Morgan fingerprint density at radius 1 is 1.35 bits per heavy atom. The van der Waals surface area contributed by atoms with E-state index in [-0.39, 0.29) is 0 Å². The van der Waals surface area contributed by atoms with Crippen molar-refractivity contribution in [3.05, 3.63) is 17.5 Å². The Morgan fingerprint density at radius 3 is 2.68 bits per heavy atom. The van der Waals surface area contributed by atoms with Crippen LogP contribution in [0.3, 0.4) is 0 Å². The number of halogens is 3. The van der Waals surface area contributed by atoms with Crippen molar-refractivity contribution in [2.24, 2.45) is 17.3 Å². The van der Waals surface area contributed by atoms with E-state index in [1.165, 1.54) is 25.8 Å². The van der Waals surface area contributed by atoms with Gasteiger partial charge in [0.15, 0.2) is 0 Å². The monoisotopic (exact) mass is 448 g/mol. The van der Waals surface area contributed by atoms with Crippen molar-refractivity contribution >= 4 is 5.97 Å². The summed E-state index contributed by atoms with van der Waals surface area (Å²) >= 11 is 0. The molecule has 0 amide bonds. The van der Waals surface area contributed by atoms with Crippen LogP contribution in [-0.4, -0.2) is 66.8 Å². The zero-order chi connectivity index (χ0) is 22.5. The highest BCUT2D eigenvalue weighted by molar-refractivity contribution is 5.73. The number of hydrogen-bond donors (Lipinski definition) is 1. The van der Waals surface area contributed by atoms with E-state index in [4.69, 9.17) is 23.9 Å². The first kappa shape index (κ1) is 24.0. The van der Waals surface area contributed by atoms with E-state index >= 15 is 0 Å². The third kappa shape index (κ3) is 6.66. The van der Waals surface area contributed by atoms with Crippen molar-refractivity contribution in [2.45, 2.75) is 51.7 Å². The second-order valence-electron chi connectivity index (χ2n) is 8.92. The van der Waals surface area contributed by atoms with Crippen molar-refractivity contribution in [3.8, 4) is 0 Å². The van der Waals surface area contributed by atoms with Gasteiger partial charge in [0, 0.05) is 50.9 Å². The molecule has 2 aliphatic heterocycles. The Bertz CT molecular complexity index is 720. The molecule has 0 radical (unpaired) electrons. The third-order valence-corrected chi connectivity index (χ3v) is 6.50. The molecule has 1 aromatic rings. The highest BCUT2D eigenvalue weighted by atomic mass is 19.4. The van der Waals surface area contributed by atoms with Crippen LogP contribution in [-0.2, 0) is 20.8 Å². The zero-order valence-corrected chi connectivity index (χ0v) is 17.8. The Labute approximate surface area is 179 Å². The first-order valence-electron chi connectivity index (χ1n) is 10.8. The van der Waals surface area contributed by atoms with Gasteiger partial charge >= 0.3 is 12.1 Å². The molecular formula is C21H31F3N2O5. The maximum Gasteiger partial charge on any atom is 0.490 e. The van der Waals surface area contributed by atoms with Crippen molar-refractivity contribution in [1.82, 2.24) is 10.1 Å². The van der Waals surface area contributed by atoms with E-state index < -0.39 is 12.1 Å². The summed E-state index contributed by atoms with van der Waals surface area (Å²) in [5.41, 5.74) is 1.44. The van der Waals surface area contributed by atoms with Crippen LogP contribution in [0.15, 0.2) is 10.6 Å². The second-order valence-corrected chi connectivity index (χ2v) is 8.92. The Morgan fingerprint density at radius 2 is 2.06 bits per heavy atom. The van der Waals surface area contributed by atoms with E-state index in [9.17, 15) is 13.2 Å². The van der Waals surface area contributed by atoms with Crippen LogP contribution in [0.1, 0.15) is 43.6 Å². The van der Waals surface area contributed by atoms with Crippen LogP contribution in [0.25, 0.3) is 0 Å². The Kier molecular flexibility index (Phi) is 7.98. The lowest BCUT2D eigenvalue weighted by Gasteiger charge is -2.30. The standard InChI is InChI=1S/C19H30N2O3.C2HF3O2/c1-15-9-18(20-24-15)11-21-10-17-3-2-6-19(17,13-21)14-23-12-16-4-7-22-8-5-16;3-2(4,5)1(6)7/h9,16-17H,2-8,10-14H2,1H3;(H,6,7)/t17-,19+;/m1./s1. The molecule has 4 rings (SSSR count). The molecule has 0 aromatic carbocycles. The van der Waals surface area contributed by atoms with Gasteiger partial charge in [-0.15, -0.1) is 0 Å². The highest BCUT2D eigenvalue weighted by Gasteiger charge is 2.49. The number of aliphatic carboxylic acids is 1. The summed E-state index contributed by atoms with van der Waals surface area (Å²) in [4.78, 5) is 11.5. The Hall–Kier alpha value is -1.65. The molecule has 3 heterocycles. The second kappa shape index (κ2) is 10.3. The fourth-order valence-corrected chi connectivity index (χ4v) is 4.95. The molecule has 1 aliphatic carbocycles. The van der Waals surface area contributed by atoms with E-state index in [0.717, 1.165) is 69.7 Å². The topological polar surface area (TPSA) is 85.0 Å². The molecular weight excluding hydrogens is 417 g/mol. The molecule has 1 saturated carbocycles. The number of aryl methyl sites for hydroxylation is 1. The maximum atomic E-state index is 10.6. The number of carbonyl (C=O) groups is 1. The minimum Gasteiger partial charge on any atom is -0.475 e. The summed E-state index contributed by atoms with van der Waals surface area (Å²) in [6, 6.07) is 2.06. The van der Waals surface area contributed by atoms with Crippen molar-refractivity contribution in [1.29, 1.82) is 0 Å². The lowest BCUT2D eigenvalue weighted by molar-refractivity contribution is -0.192. The van der Waals surface area contributed by atoms with Crippen LogP contribution in [0.2, 0.25) is 0 Å². The average molecular weight is 448 g/mol. The number of hydrogen-bond acceptors (Lipinski definition) is 6. The number of aromatic nitrogens is 1. The molecule has 1 aromatic heterocycles. The molecule has 0 bridgehead atoms. The number of fused-ring (bicyclic) bond motifs is 1. The van der Waals surface area contributed by atoms with E-state index in [1.807, 2.05) is 6.92 Å². The number of alkyl halides is 3. The van der Waals surface area contributed by atoms with Gasteiger partial charge < -0.3 is 19.1 Å². The molecule has 176 valence electrons. The van der Waals surface area contributed by atoms with Gasteiger partial charge in [-0.05, 0) is 44.4 Å². The zero-order valence-electron chi connectivity index (χ0n) is 17.8. The van der Waals surface area contributed by atoms with Crippen LogP contribution in [0, 0.1) is 24.2 Å². The molecule has 0 spiro atoms. The first-order chi connectivity index (χ1) is 14.7. The Balaban J connectivity index is 0.000000339. The van der Waals surface area contributed by atoms with Gasteiger partial charge in [0.1, 0.15) is 5.76 Å². The summed E-state index contributed by atoms with van der Waals surface area (Å²) in [7, 11) is 0. The van der Waals surface area contributed by atoms with E-state index in [0.29, 0.717) is 11.3 Å². The van der Waals surface area contributed by atoms with Crippen LogP contribution in [0.4, 0.5) is 13.2 Å². The molecule has 10 heteroatoms. The number of ether oxygens (including phenoxy) is 2. The van der Waals surface area contributed by atoms with Gasteiger partial charge in [-0.25, -0.2) is 4.79 Å². The smallest absolute Gasteiger partial charge is 0.475 e. The van der Waals surface area contributed by atoms with Gasteiger partial charge in [0.2, 0.25) is 0 Å². The quantitative estimate of drug-likeness (QED) is 0.711. The van der Waals surface area contributed by atoms with Crippen LogP contribution in [0.5, 0.6) is 0 Å². The summed E-state index contributed by atoms with van der Waals surface area (Å²) in [6.45, 7) is 8.88. The summed E-state index contributed by atoms with van der Waals surface area (Å²) in [5.74, 6) is -0.364. The molecule has 3 fully saturated rings. The van der Waals surface area contributed by atoms with Gasteiger partial charge in [0.05, 0.1) is 12.3 Å². The lowest BCUT2D eigenvalue weighted by atomic mass is 9.81. The fourth-order valence-electron chi connectivity index (χ4n) is 4.95. The molecule has 2 saturated heterocycles. The predicted molar refractivity (Wildman–Crippen MR) is 104 cm³/mol. The van der Waals surface area contributed by atoms with Crippen LogP contribution >= 0.6 is 0 Å². The largest absolute Gasteiger partial charge is 0.490 e. The summed E-state index contributed by atoms with van der Waals surface area (Å²) in [6.07, 6.45) is 1.28. The number of carboxylic acid groups (broad SMARTS) is 1. The van der Waals surface area contributed by atoms with Gasteiger partial charge in [-0.1, -0.05) is 11.6 Å². The third-order valence-electron chi connectivity index (χ3n) is 6.50. The molecule has 2 atom stereocenters. The minimum atomic E-state index is -5.08. The van der Waals surface area contributed by atoms with Gasteiger partial charge in [-0.2, -0.15) is 13.2 Å². The summed E-state index contributed by atoms with van der Waals surface area (Å²) < 4.78 is 48.6. The normalized spacial score (nSPS) is 27.0. The number of nitrogens with zero attached hydrogens (tertiary/aromatic N) is 2. The predicted octanol–water partition coefficient (Wildman–Crippen LogP) is 3.66. The lowest BCUT2D eigenvalue weighted by Crippen LogP contribution is -2.33. The SMILES string of the molecule is Cc1cc(CN2C[C@H]3CCC[C@@]3(COCC3CCOCC3)C2)no1.O=C(O)C(F)(F)F. The number of carboxylic acids is 1.